The normalized spacial score (nSPS) is 23.6. The van der Waals surface area contributed by atoms with E-state index in [1.54, 1.807) is 0 Å². The highest BCUT2D eigenvalue weighted by Crippen LogP contribution is 2.26. The van der Waals surface area contributed by atoms with Gasteiger partial charge in [-0.3, -0.25) is 0 Å². The summed E-state index contributed by atoms with van der Waals surface area (Å²) < 4.78 is 5.53. The molecule has 1 atom stereocenters. The van der Waals surface area contributed by atoms with E-state index in [9.17, 15) is 0 Å². The highest BCUT2D eigenvalue weighted by molar-refractivity contribution is 5.60. The highest BCUT2D eigenvalue weighted by Gasteiger charge is 2.15. The molecule has 0 amide bonds. The quantitative estimate of drug-likeness (QED) is 0.912. The summed E-state index contributed by atoms with van der Waals surface area (Å²) >= 11 is 0. The highest BCUT2D eigenvalue weighted by atomic mass is 16.5. The van der Waals surface area contributed by atoms with Crippen molar-refractivity contribution in [3.63, 3.8) is 0 Å². The predicted octanol–water partition coefficient (Wildman–Crippen LogP) is 3.58. The van der Waals surface area contributed by atoms with E-state index < -0.39 is 0 Å². The first kappa shape index (κ1) is 13.7. The van der Waals surface area contributed by atoms with Gasteiger partial charge in [-0.1, -0.05) is 0 Å². The van der Waals surface area contributed by atoms with E-state index in [1.807, 2.05) is 0 Å². The fourth-order valence-electron chi connectivity index (χ4n) is 3.25. The van der Waals surface area contributed by atoms with E-state index in [-0.39, 0.29) is 0 Å². The largest absolute Gasteiger partial charge is 0.382 e. The molecule has 1 aromatic rings. The number of aryl methyl sites for hydroxylation is 1. The number of anilines is 2. The first-order valence-electron chi connectivity index (χ1n) is 8.03. The molecule has 3 rings (SSSR count). The fraction of sp³-hybridized carbons (Fsp3) is 0.647. The molecule has 2 aliphatic heterocycles. The Morgan fingerprint density at radius 3 is 2.75 bits per heavy atom. The topological polar surface area (TPSA) is 24.5 Å². The molecule has 3 heteroatoms. The lowest BCUT2D eigenvalue weighted by molar-refractivity contribution is 0.144. The molecule has 1 N–H and O–H groups in total. The number of hydrogen-bond acceptors (Lipinski definition) is 3. The second-order valence-corrected chi connectivity index (χ2v) is 6.08. The van der Waals surface area contributed by atoms with Crippen molar-refractivity contribution in [1.29, 1.82) is 0 Å². The van der Waals surface area contributed by atoms with Gasteiger partial charge in [0.2, 0.25) is 0 Å². The van der Waals surface area contributed by atoms with Gasteiger partial charge in [-0.2, -0.15) is 0 Å². The molecule has 0 aliphatic carbocycles. The van der Waals surface area contributed by atoms with Crippen molar-refractivity contribution in [3.8, 4) is 0 Å². The molecule has 20 heavy (non-hydrogen) atoms. The van der Waals surface area contributed by atoms with Crippen molar-refractivity contribution in [2.24, 2.45) is 0 Å². The zero-order chi connectivity index (χ0) is 13.8. The molecule has 3 nitrogen and oxygen atoms in total. The Morgan fingerprint density at radius 2 is 1.95 bits per heavy atom. The number of rotatable bonds is 3. The van der Waals surface area contributed by atoms with Crippen molar-refractivity contribution in [2.45, 2.75) is 45.1 Å². The molecule has 2 heterocycles. The monoisotopic (exact) mass is 274 g/mol. The standard InChI is InChI=1S/C17H26N2O/c1-14-13-16(19-9-2-3-10-19)6-7-17(14)18-15-5-4-11-20-12-8-15/h6-7,13,15,18H,2-5,8-12H2,1H3. The summed E-state index contributed by atoms with van der Waals surface area (Å²) in [6.07, 6.45) is 6.17. The lowest BCUT2D eigenvalue weighted by atomic mass is 10.1. The Kier molecular flexibility index (Phi) is 4.46. The van der Waals surface area contributed by atoms with Crippen LogP contribution >= 0.6 is 0 Å². The third kappa shape index (κ3) is 3.26. The van der Waals surface area contributed by atoms with E-state index in [4.69, 9.17) is 4.74 Å². The second kappa shape index (κ2) is 6.49. The Morgan fingerprint density at radius 1 is 1.10 bits per heavy atom. The van der Waals surface area contributed by atoms with E-state index in [1.165, 1.54) is 55.7 Å². The van der Waals surface area contributed by atoms with Crippen LogP contribution in [0.5, 0.6) is 0 Å². The number of nitrogens with zero attached hydrogens (tertiary/aromatic N) is 1. The van der Waals surface area contributed by atoms with Gasteiger partial charge < -0.3 is 15.0 Å². The van der Waals surface area contributed by atoms with Gasteiger partial charge in [-0.05, 0) is 62.8 Å². The third-order valence-electron chi connectivity index (χ3n) is 4.49. The number of benzene rings is 1. The van der Waals surface area contributed by atoms with Crippen molar-refractivity contribution in [2.75, 3.05) is 36.5 Å². The van der Waals surface area contributed by atoms with E-state index in [2.05, 4.69) is 35.3 Å². The average molecular weight is 274 g/mol. The molecule has 0 saturated carbocycles. The summed E-state index contributed by atoms with van der Waals surface area (Å²) in [7, 11) is 0. The van der Waals surface area contributed by atoms with Crippen LogP contribution in [-0.2, 0) is 4.74 Å². The van der Waals surface area contributed by atoms with Gasteiger partial charge in [0.15, 0.2) is 0 Å². The minimum atomic E-state index is 0.564. The molecule has 0 aromatic heterocycles. The summed E-state index contributed by atoms with van der Waals surface area (Å²) in [6.45, 7) is 6.46. The van der Waals surface area contributed by atoms with Gasteiger partial charge in [-0.25, -0.2) is 0 Å². The van der Waals surface area contributed by atoms with Crippen LogP contribution in [0.1, 0.15) is 37.7 Å². The SMILES string of the molecule is Cc1cc(N2CCCC2)ccc1NC1CCCOCC1. The molecule has 2 aliphatic rings. The Balaban J connectivity index is 1.67. The van der Waals surface area contributed by atoms with Gasteiger partial charge in [0.1, 0.15) is 0 Å². The van der Waals surface area contributed by atoms with Crippen molar-refractivity contribution >= 4 is 11.4 Å². The van der Waals surface area contributed by atoms with Crippen LogP contribution < -0.4 is 10.2 Å². The predicted molar refractivity (Wildman–Crippen MR) is 84.7 cm³/mol. The molecular formula is C17H26N2O. The lowest BCUT2D eigenvalue weighted by Gasteiger charge is -2.22. The number of ether oxygens (including phenoxy) is 1. The van der Waals surface area contributed by atoms with Crippen LogP contribution in [0.15, 0.2) is 18.2 Å². The summed E-state index contributed by atoms with van der Waals surface area (Å²) in [5.41, 5.74) is 4.04. The molecule has 1 aromatic carbocycles. The van der Waals surface area contributed by atoms with Gasteiger partial charge in [0, 0.05) is 43.7 Å². The molecule has 2 saturated heterocycles. The minimum absolute atomic E-state index is 0.564. The minimum Gasteiger partial charge on any atom is -0.382 e. The summed E-state index contributed by atoms with van der Waals surface area (Å²) in [5.74, 6) is 0. The maximum atomic E-state index is 5.53. The van der Waals surface area contributed by atoms with Crippen molar-refractivity contribution in [1.82, 2.24) is 0 Å². The Labute approximate surface area is 122 Å². The smallest absolute Gasteiger partial charge is 0.0485 e. The molecule has 0 radical (unpaired) electrons. The molecule has 0 bridgehead atoms. The van der Waals surface area contributed by atoms with Gasteiger partial charge in [0.25, 0.3) is 0 Å². The van der Waals surface area contributed by atoms with Crippen LogP contribution in [-0.4, -0.2) is 32.3 Å². The summed E-state index contributed by atoms with van der Waals surface area (Å²) in [4.78, 5) is 2.50. The molecule has 0 spiro atoms. The van der Waals surface area contributed by atoms with Gasteiger partial charge >= 0.3 is 0 Å². The van der Waals surface area contributed by atoms with Gasteiger partial charge in [0.05, 0.1) is 0 Å². The van der Waals surface area contributed by atoms with E-state index >= 15 is 0 Å². The van der Waals surface area contributed by atoms with Crippen LogP contribution in [0.3, 0.4) is 0 Å². The fourth-order valence-corrected chi connectivity index (χ4v) is 3.25. The second-order valence-electron chi connectivity index (χ2n) is 6.08. The zero-order valence-electron chi connectivity index (χ0n) is 12.5. The molecule has 1 unspecified atom stereocenters. The van der Waals surface area contributed by atoms with Crippen LogP contribution in [0.2, 0.25) is 0 Å². The van der Waals surface area contributed by atoms with Crippen molar-refractivity contribution in [3.05, 3.63) is 23.8 Å². The van der Waals surface area contributed by atoms with E-state index in [0.717, 1.165) is 19.6 Å². The lowest BCUT2D eigenvalue weighted by Crippen LogP contribution is -2.21. The van der Waals surface area contributed by atoms with Crippen LogP contribution in [0, 0.1) is 6.92 Å². The Hall–Kier alpha value is -1.22. The van der Waals surface area contributed by atoms with Gasteiger partial charge in [-0.15, -0.1) is 0 Å². The first-order chi connectivity index (χ1) is 9.83. The van der Waals surface area contributed by atoms with Crippen LogP contribution in [0.4, 0.5) is 11.4 Å². The number of nitrogens with one attached hydrogen (secondary N) is 1. The van der Waals surface area contributed by atoms with Crippen molar-refractivity contribution < 1.29 is 4.74 Å². The van der Waals surface area contributed by atoms with E-state index in [0.29, 0.717) is 6.04 Å². The first-order valence-corrected chi connectivity index (χ1v) is 8.03. The summed E-state index contributed by atoms with van der Waals surface area (Å²) in [6, 6.07) is 7.43. The third-order valence-corrected chi connectivity index (χ3v) is 4.49. The van der Waals surface area contributed by atoms with Crippen LogP contribution in [0.25, 0.3) is 0 Å². The summed E-state index contributed by atoms with van der Waals surface area (Å²) in [5, 5.41) is 3.71. The molecule has 110 valence electrons. The maximum Gasteiger partial charge on any atom is 0.0485 e. The average Bonchev–Trinajstić information content (AvgIpc) is 2.87. The molecular weight excluding hydrogens is 248 g/mol. The Bertz CT molecular complexity index is 433. The number of hydrogen-bond donors (Lipinski definition) is 1. The zero-order valence-corrected chi connectivity index (χ0v) is 12.5. The maximum absolute atomic E-state index is 5.53. The molecule has 2 fully saturated rings.